The van der Waals surface area contributed by atoms with Gasteiger partial charge in [-0.15, -0.1) is 0 Å². The molecule has 2 N–H and O–H groups in total. The third-order valence-electron chi connectivity index (χ3n) is 3.82. The molecule has 0 aliphatic heterocycles. The van der Waals surface area contributed by atoms with Crippen molar-refractivity contribution in [3.63, 3.8) is 0 Å². The Hall–Kier alpha value is -2.37. The van der Waals surface area contributed by atoms with Gasteiger partial charge in [0.1, 0.15) is 11.6 Å². The molecule has 0 bridgehead atoms. The van der Waals surface area contributed by atoms with E-state index in [-0.39, 0.29) is 17.9 Å². The first kappa shape index (κ1) is 17.0. The first-order valence-corrected chi connectivity index (χ1v) is 7.85. The Morgan fingerprint density at radius 1 is 1.43 bits per heavy atom. The number of aryl methyl sites for hydroxylation is 1. The lowest BCUT2D eigenvalue weighted by molar-refractivity contribution is -0.122. The summed E-state index contributed by atoms with van der Waals surface area (Å²) in [7, 11) is 1.64. The molecule has 0 fully saturated rings. The third-order valence-corrected chi connectivity index (χ3v) is 3.82. The second-order valence-corrected chi connectivity index (χ2v) is 5.69. The summed E-state index contributed by atoms with van der Waals surface area (Å²) in [6.45, 7) is 5.88. The number of hydrogen-bond donors (Lipinski definition) is 2. The fraction of sp³-hybridized carbons (Fsp3) is 0.471. The monoisotopic (exact) mass is 316 g/mol. The molecule has 2 atom stereocenters. The van der Waals surface area contributed by atoms with E-state index < -0.39 is 0 Å². The summed E-state index contributed by atoms with van der Waals surface area (Å²) in [6, 6.07) is 7.65. The number of nitrogens with zero attached hydrogens (tertiary/aromatic N) is 2. The minimum atomic E-state index is -0.162. The van der Waals surface area contributed by atoms with Crippen LogP contribution in [0.3, 0.4) is 0 Å². The standard InChI is InChI=1S/C17H24N4O2/c1-5-15(17-18-12(3)20-21-17)19-16(22)9-11(2)13-7-6-8-14(10-13)23-4/h6-8,10-11,15H,5,9H2,1-4H3,(H,19,22)(H,18,20,21)/t11-,15-/m0/s1. The van der Waals surface area contributed by atoms with E-state index in [1.165, 1.54) is 0 Å². The minimum Gasteiger partial charge on any atom is -0.497 e. The van der Waals surface area contributed by atoms with E-state index in [9.17, 15) is 4.79 Å². The Morgan fingerprint density at radius 3 is 2.83 bits per heavy atom. The number of hydrogen-bond acceptors (Lipinski definition) is 4. The Morgan fingerprint density at radius 2 is 2.22 bits per heavy atom. The van der Waals surface area contributed by atoms with Gasteiger partial charge in [-0.25, -0.2) is 4.98 Å². The fourth-order valence-corrected chi connectivity index (χ4v) is 2.46. The van der Waals surface area contributed by atoms with Gasteiger partial charge in [-0.05, 0) is 37.0 Å². The number of rotatable bonds is 7. The zero-order valence-corrected chi connectivity index (χ0v) is 14.1. The Bertz CT molecular complexity index is 654. The van der Waals surface area contributed by atoms with Crippen molar-refractivity contribution in [2.45, 2.75) is 45.6 Å². The quantitative estimate of drug-likeness (QED) is 0.823. The van der Waals surface area contributed by atoms with Gasteiger partial charge in [-0.3, -0.25) is 9.89 Å². The number of H-pyrrole nitrogens is 1. The summed E-state index contributed by atoms with van der Waals surface area (Å²) in [4.78, 5) is 16.6. The molecule has 0 spiro atoms. The van der Waals surface area contributed by atoms with Gasteiger partial charge in [0.2, 0.25) is 5.91 Å². The maximum Gasteiger partial charge on any atom is 0.221 e. The van der Waals surface area contributed by atoms with E-state index in [2.05, 4.69) is 20.5 Å². The second-order valence-electron chi connectivity index (χ2n) is 5.69. The predicted molar refractivity (Wildman–Crippen MR) is 88.3 cm³/mol. The Labute approximate surface area is 136 Å². The van der Waals surface area contributed by atoms with Crippen LogP contribution in [0.1, 0.15) is 55.9 Å². The van der Waals surface area contributed by atoms with Gasteiger partial charge in [-0.1, -0.05) is 26.0 Å². The maximum absolute atomic E-state index is 12.3. The van der Waals surface area contributed by atoms with Crippen LogP contribution in [0.5, 0.6) is 5.75 Å². The first-order chi connectivity index (χ1) is 11.0. The number of ether oxygens (including phenoxy) is 1. The van der Waals surface area contributed by atoms with Crippen LogP contribution in [-0.2, 0) is 4.79 Å². The lowest BCUT2D eigenvalue weighted by Gasteiger charge is -2.17. The summed E-state index contributed by atoms with van der Waals surface area (Å²) < 4.78 is 5.23. The molecular formula is C17H24N4O2. The molecule has 1 aromatic carbocycles. The minimum absolute atomic E-state index is 0.00498. The smallest absolute Gasteiger partial charge is 0.221 e. The number of aromatic nitrogens is 3. The number of carbonyl (C=O) groups is 1. The molecule has 6 nitrogen and oxygen atoms in total. The Balaban J connectivity index is 1.97. The molecule has 124 valence electrons. The average molecular weight is 316 g/mol. The molecule has 2 aromatic rings. The number of amides is 1. The molecule has 0 saturated heterocycles. The summed E-state index contributed by atoms with van der Waals surface area (Å²) in [5, 5.41) is 9.95. The van der Waals surface area contributed by atoms with Crippen LogP contribution in [0.4, 0.5) is 0 Å². The van der Waals surface area contributed by atoms with Gasteiger partial charge in [0.15, 0.2) is 5.82 Å². The van der Waals surface area contributed by atoms with Crippen LogP contribution in [-0.4, -0.2) is 28.2 Å². The van der Waals surface area contributed by atoms with Crippen LogP contribution < -0.4 is 10.1 Å². The van der Waals surface area contributed by atoms with Gasteiger partial charge in [0.25, 0.3) is 0 Å². The van der Waals surface area contributed by atoms with Crippen molar-refractivity contribution in [1.82, 2.24) is 20.5 Å². The van der Waals surface area contributed by atoms with Crippen LogP contribution in [0.15, 0.2) is 24.3 Å². The normalized spacial score (nSPS) is 13.4. The average Bonchev–Trinajstić information content (AvgIpc) is 2.98. The molecular weight excluding hydrogens is 292 g/mol. The van der Waals surface area contributed by atoms with E-state index in [1.807, 2.05) is 45.0 Å². The highest BCUT2D eigenvalue weighted by atomic mass is 16.5. The molecule has 1 aromatic heterocycles. The van der Waals surface area contributed by atoms with Crippen molar-refractivity contribution in [1.29, 1.82) is 0 Å². The van der Waals surface area contributed by atoms with Crippen molar-refractivity contribution in [3.8, 4) is 5.75 Å². The lowest BCUT2D eigenvalue weighted by Crippen LogP contribution is -2.29. The molecule has 2 rings (SSSR count). The lowest BCUT2D eigenvalue weighted by atomic mass is 9.97. The van der Waals surface area contributed by atoms with Crippen molar-refractivity contribution >= 4 is 5.91 Å². The van der Waals surface area contributed by atoms with Crippen LogP contribution in [0.2, 0.25) is 0 Å². The van der Waals surface area contributed by atoms with Gasteiger partial charge in [0, 0.05) is 6.42 Å². The maximum atomic E-state index is 12.3. The van der Waals surface area contributed by atoms with Crippen LogP contribution in [0.25, 0.3) is 0 Å². The van der Waals surface area contributed by atoms with E-state index in [1.54, 1.807) is 7.11 Å². The zero-order valence-electron chi connectivity index (χ0n) is 14.1. The van der Waals surface area contributed by atoms with E-state index in [0.717, 1.165) is 23.6 Å². The zero-order chi connectivity index (χ0) is 16.8. The van der Waals surface area contributed by atoms with E-state index in [4.69, 9.17) is 4.74 Å². The summed E-state index contributed by atoms with van der Waals surface area (Å²) in [5.41, 5.74) is 1.08. The number of nitrogens with one attached hydrogen (secondary N) is 2. The third kappa shape index (κ3) is 4.55. The highest BCUT2D eigenvalue weighted by Crippen LogP contribution is 2.23. The van der Waals surface area contributed by atoms with Crippen molar-refractivity contribution < 1.29 is 9.53 Å². The predicted octanol–water partition coefficient (Wildman–Crippen LogP) is 2.88. The number of benzene rings is 1. The molecule has 1 heterocycles. The topological polar surface area (TPSA) is 79.9 Å². The van der Waals surface area contributed by atoms with E-state index in [0.29, 0.717) is 12.2 Å². The summed E-state index contributed by atoms with van der Waals surface area (Å²) >= 11 is 0. The molecule has 0 unspecified atom stereocenters. The summed E-state index contributed by atoms with van der Waals surface area (Å²) in [6.07, 6.45) is 1.16. The summed E-state index contributed by atoms with van der Waals surface area (Å²) in [5.74, 6) is 2.29. The van der Waals surface area contributed by atoms with Crippen LogP contribution >= 0.6 is 0 Å². The molecule has 6 heteroatoms. The molecule has 0 radical (unpaired) electrons. The highest BCUT2D eigenvalue weighted by Gasteiger charge is 2.19. The first-order valence-electron chi connectivity index (χ1n) is 7.85. The molecule has 23 heavy (non-hydrogen) atoms. The van der Waals surface area contributed by atoms with Crippen molar-refractivity contribution in [2.24, 2.45) is 0 Å². The molecule has 0 saturated carbocycles. The largest absolute Gasteiger partial charge is 0.497 e. The van der Waals surface area contributed by atoms with Gasteiger partial charge < -0.3 is 10.1 Å². The van der Waals surface area contributed by atoms with Gasteiger partial charge in [-0.2, -0.15) is 5.10 Å². The number of carbonyl (C=O) groups excluding carboxylic acids is 1. The van der Waals surface area contributed by atoms with Crippen molar-refractivity contribution in [2.75, 3.05) is 7.11 Å². The fourth-order valence-electron chi connectivity index (χ4n) is 2.46. The number of methoxy groups -OCH3 is 1. The van der Waals surface area contributed by atoms with Crippen LogP contribution in [0, 0.1) is 6.92 Å². The van der Waals surface area contributed by atoms with Gasteiger partial charge >= 0.3 is 0 Å². The van der Waals surface area contributed by atoms with Crippen molar-refractivity contribution in [3.05, 3.63) is 41.5 Å². The number of aromatic amines is 1. The molecule has 0 aliphatic rings. The molecule has 0 aliphatic carbocycles. The second kappa shape index (κ2) is 7.76. The van der Waals surface area contributed by atoms with E-state index >= 15 is 0 Å². The SMILES string of the molecule is CC[C@H](NC(=O)C[C@H](C)c1cccc(OC)c1)c1n[nH]c(C)n1. The van der Waals surface area contributed by atoms with Gasteiger partial charge in [0.05, 0.1) is 13.2 Å². The highest BCUT2D eigenvalue weighted by molar-refractivity contribution is 5.77. The molecule has 1 amide bonds. The Kier molecular flexibility index (Phi) is 5.73.